The molecule has 0 spiro atoms. The summed E-state index contributed by atoms with van der Waals surface area (Å²) in [5.74, 6) is -0.633. The van der Waals surface area contributed by atoms with Gasteiger partial charge in [-0.3, -0.25) is 20.2 Å². The second kappa shape index (κ2) is 7.26. The summed E-state index contributed by atoms with van der Waals surface area (Å²) in [6.45, 7) is 1.87. The van der Waals surface area contributed by atoms with E-state index < -0.39 is 0 Å². The topological polar surface area (TPSA) is 72.8 Å². The van der Waals surface area contributed by atoms with Crippen LogP contribution in [0.1, 0.15) is 11.1 Å². The quantitative estimate of drug-likeness (QED) is 0.578. The van der Waals surface area contributed by atoms with Gasteiger partial charge < -0.3 is 0 Å². The maximum absolute atomic E-state index is 13.2. The highest BCUT2D eigenvalue weighted by molar-refractivity contribution is 8.19. The number of nitrogens with one attached hydrogen (secondary N) is 2. The molecule has 2 aromatic carbocycles. The molecule has 0 bridgehead atoms. The Bertz CT molecular complexity index is 1120. The van der Waals surface area contributed by atoms with Crippen molar-refractivity contribution in [3.63, 3.8) is 0 Å². The number of hydrogen-bond acceptors (Lipinski definition) is 4. The van der Waals surface area contributed by atoms with Crippen molar-refractivity contribution in [3.05, 3.63) is 75.5 Å². The van der Waals surface area contributed by atoms with Crippen LogP contribution in [0.3, 0.4) is 0 Å². The minimum absolute atomic E-state index is 0.1000. The molecule has 140 valence electrons. The molecule has 4 rings (SSSR count). The number of benzene rings is 2. The minimum atomic E-state index is -0.328. The zero-order valence-electron chi connectivity index (χ0n) is 14.7. The first-order valence-corrected chi connectivity index (χ1v) is 9.51. The van der Waals surface area contributed by atoms with E-state index in [0.717, 1.165) is 22.9 Å². The van der Waals surface area contributed by atoms with E-state index in [2.05, 4.69) is 10.2 Å². The number of thioether (sulfide) groups is 1. The summed E-state index contributed by atoms with van der Waals surface area (Å²) in [5.41, 5.74) is 3.54. The first-order chi connectivity index (χ1) is 13.4. The zero-order valence-corrected chi connectivity index (χ0v) is 16.2. The predicted octanol–water partition coefficient (Wildman–Crippen LogP) is 5.23. The Morgan fingerprint density at radius 3 is 2.71 bits per heavy atom. The van der Waals surface area contributed by atoms with E-state index in [0.29, 0.717) is 26.9 Å². The molecule has 3 aromatic rings. The van der Waals surface area contributed by atoms with Gasteiger partial charge in [0.15, 0.2) is 5.17 Å². The van der Waals surface area contributed by atoms with Gasteiger partial charge in [-0.2, -0.15) is 5.10 Å². The molecular weight excluding hydrogens is 399 g/mol. The number of carbonyl (C=O) groups excluding carboxylic acids is 1. The van der Waals surface area contributed by atoms with Gasteiger partial charge in [0, 0.05) is 16.1 Å². The number of hydrogen-bond donors (Lipinski definition) is 2. The lowest BCUT2D eigenvalue weighted by atomic mass is 10.1. The van der Waals surface area contributed by atoms with Gasteiger partial charge in [-0.05, 0) is 66.7 Å². The van der Waals surface area contributed by atoms with Crippen LogP contribution in [-0.4, -0.2) is 21.3 Å². The molecule has 5 nitrogen and oxygen atoms in total. The molecule has 1 aromatic heterocycles. The second-order valence-corrected chi connectivity index (χ2v) is 7.63. The first kappa shape index (κ1) is 18.5. The molecule has 2 heterocycles. The Morgan fingerprint density at radius 1 is 1.25 bits per heavy atom. The van der Waals surface area contributed by atoms with Gasteiger partial charge in [-0.25, -0.2) is 4.39 Å². The van der Waals surface area contributed by atoms with Crippen LogP contribution in [0.15, 0.2) is 53.6 Å². The predicted molar refractivity (Wildman–Crippen MR) is 111 cm³/mol. The van der Waals surface area contributed by atoms with Crippen molar-refractivity contribution >= 4 is 46.2 Å². The molecule has 0 unspecified atom stereocenters. The van der Waals surface area contributed by atoms with Crippen molar-refractivity contribution in [2.75, 3.05) is 4.90 Å². The van der Waals surface area contributed by atoms with Gasteiger partial charge in [0.2, 0.25) is 0 Å². The van der Waals surface area contributed by atoms with Gasteiger partial charge in [0.25, 0.3) is 5.91 Å². The average Bonchev–Trinajstić information content (AvgIpc) is 3.23. The number of halogens is 2. The van der Waals surface area contributed by atoms with Crippen molar-refractivity contribution in [2.45, 2.75) is 6.92 Å². The molecule has 8 heteroatoms. The number of aryl methyl sites for hydroxylation is 1. The maximum Gasteiger partial charge on any atom is 0.271 e. The lowest BCUT2D eigenvalue weighted by Crippen LogP contribution is -2.28. The number of nitrogens with zero attached hydrogens (tertiary/aromatic N) is 2. The van der Waals surface area contributed by atoms with Crippen LogP contribution < -0.4 is 4.90 Å². The second-order valence-electron chi connectivity index (χ2n) is 6.20. The number of anilines is 1. The molecule has 0 atom stereocenters. The number of amides is 1. The summed E-state index contributed by atoms with van der Waals surface area (Å²) in [4.78, 5) is 14.6. The maximum atomic E-state index is 13.2. The van der Waals surface area contributed by atoms with E-state index >= 15 is 0 Å². The highest BCUT2D eigenvalue weighted by Gasteiger charge is 2.34. The molecule has 2 N–H and O–H groups in total. The monoisotopic (exact) mass is 412 g/mol. The molecule has 28 heavy (non-hydrogen) atoms. The number of aromatic nitrogens is 2. The number of carbonyl (C=O) groups is 1. The van der Waals surface area contributed by atoms with Crippen LogP contribution in [-0.2, 0) is 4.79 Å². The highest BCUT2D eigenvalue weighted by atomic mass is 35.5. The van der Waals surface area contributed by atoms with Crippen molar-refractivity contribution in [3.8, 4) is 11.3 Å². The Morgan fingerprint density at radius 2 is 2.00 bits per heavy atom. The molecular formula is C20H14ClFN4OS. The Balaban J connectivity index is 1.68. The summed E-state index contributed by atoms with van der Waals surface area (Å²) in [5, 5.41) is 15.8. The largest absolute Gasteiger partial charge is 0.278 e. The molecule has 1 aliphatic heterocycles. The lowest BCUT2D eigenvalue weighted by molar-refractivity contribution is -0.113. The van der Waals surface area contributed by atoms with Gasteiger partial charge in [0.1, 0.15) is 5.82 Å². The standard InChI is InChI=1S/C20H14ClFN4OS/c1-11-2-7-15(9-16(11)21)26-19(27)17(28-20(26)23)8-13-10-24-25-18(13)12-3-5-14(22)6-4-12/h2-10,23H,1H3,(H,24,25). The smallest absolute Gasteiger partial charge is 0.271 e. The van der Waals surface area contributed by atoms with Crippen LogP contribution in [0.2, 0.25) is 5.02 Å². The number of amidine groups is 1. The fourth-order valence-corrected chi connectivity index (χ4v) is 3.86. The van der Waals surface area contributed by atoms with Crippen LogP contribution in [0.25, 0.3) is 17.3 Å². The zero-order chi connectivity index (χ0) is 19.8. The van der Waals surface area contributed by atoms with E-state index in [1.807, 2.05) is 13.0 Å². The molecule has 0 radical (unpaired) electrons. The lowest BCUT2D eigenvalue weighted by Gasteiger charge is -2.15. The Kier molecular flexibility index (Phi) is 4.78. The molecule has 1 aliphatic rings. The molecule has 0 saturated carbocycles. The van der Waals surface area contributed by atoms with Gasteiger partial charge in [-0.15, -0.1) is 0 Å². The van der Waals surface area contributed by atoms with Gasteiger partial charge in [-0.1, -0.05) is 17.7 Å². The Labute approximate surface area is 169 Å². The van der Waals surface area contributed by atoms with Crippen molar-refractivity contribution in [1.29, 1.82) is 5.41 Å². The third-order valence-corrected chi connectivity index (χ3v) is 5.62. The van der Waals surface area contributed by atoms with Gasteiger partial charge >= 0.3 is 0 Å². The molecule has 0 aliphatic carbocycles. The minimum Gasteiger partial charge on any atom is -0.278 e. The summed E-state index contributed by atoms with van der Waals surface area (Å²) >= 11 is 7.24. The summed E-state index contributed by atoms with van der Waals surface area (Å²) in [6, 6.07) is 11.2. The highest BCUT2D eigenvalue weighted by Crippen LogP contribution is 2.37. The third kappa shape index (κ3) is 3.34. The van der Waals surface area contributed by atoms with Crippen LogP contribution >= 0.6 is 23.4 Å². The fraction of sp³-hybridized carbons (Fsp3) is 0.0500. The van der Waals surface area contributed by atoms with Crippen molar-refractivity contribution in [1.82, 2.24) is 10.2 Å². The van der Waals surface area contributed by atoms with Crippen molar-refractivity contribution < 1.29 is 9.18 Å². The van der Waals surface area contributed by atoms with E-state index in [-0.39, 0.29) is 16.9 Å². The third-order valence-electron chi connectivity index (χ3n) is 4.33. The molecule has 1 saturated heterocycles. The summed E-state index contributed by atoms with van der Waals surface area (Å²) in [7, 11) is 0. The molecule has 1 amide bonds. The van der Waals surface area contributed by atoms with Crippen LogP contribution in [0.5, 0.6) is 0 Å². The van der Waals surface area contributed by atoms with E-state index in [9.17, 15) is 9.18 Å². The van der Waals surface area contributed by atoms with Crippen LogP contribution in [0, 0.1) is 18.2 Å². The first-order valence-electron chi connectivity index (χ1n) is 8.32. The summed E-state index contributed by atoms with van der Waals surface area (Å²) < 4.78 is 13.2. The Hall–Kier alpha value is -2.90. The van der Waals surface area contributed by atoms with E-state index in [1.54, 1.807) is 36.5 Å². The molecule has 1 fully saturated rings. The fourth-order valence-electron chi connectivity index (χ4n) is 2.84. The van der Waals surface area contributed by atoms with Crippen molar-refractivity contribution in [2.24, 2.45) is 0 Å². The number of H-pyrrole nitrogens is 1. The van der Waals surface area contributed by atoms with E-state index in [1.165, 1.54) is 17.0 Å². The van der Waals surface area contributed by atoms with E-state index in [4.69, 9.17) is 17.0 Å². The SMILES string of the molecule is Cc1ccc(N2C(=N)SC(=Cc3cn[nH]c3-c3ccc(F)cc3)C2=O)cc1Cl. The van der Waals surface area contributed by atoms with Gasteiger partial charge in [0.05, 0.1) is 22.5 Å². The van der Waals surface area contributed by atoms with Crippen LogP contribution in [0.4, 0.5) is 10.1 Å². The normalized spacial score (nSPS) is 15.7. The number of rotatable bonds is 3. The average molecular weight is 413 g/mol. The summed E-state index contributed by atoms with van der Waals surface area (Å²) in [6.07, 6.45) is 3.27. The number of aromatic amines is 1.